The number of amides is 1. The number of carbonyl (C=O) groups excluding carboxylic acids is 1. The summed E-state index contributed by atoms with van der Waals surface area (Å²) in [5.74, 6) is -0.569. The number of aliphatic carboxylic acids is 1. The predicted octanol–water partition coefficient (Wildman–Crippen LogP) is 5.40. The lowest BCUT2D eigenvalue weighted by atomic mass is 9.99. The smallest absolute Gasteiger partial charge is 0.303 e. The molecule has 5 rings (SSSR count). The summed E-state index contributed by atoms with van der Waals surface area (Å²) in [5.41, 5.74) is 5.66. The lowest BCUT2D eigenvalue weighted by Gasteiger charge is -2.36. The molecule has 0 spiro atoms. The molecule has 1 saturated heterocycles. The van der Waals surface area contributed by atoms with E-state index in [2.05, 4.69) is 16.4 Å². The quantitative estimate of drug-likeness (QED) is 0.185. The molecule has 1 fully saturated rings. The molecule has 3 atom stereocenters. The fraction of sp³-hybridized carbons (Fsp3) is 0.303. The number of imidazole rings is 1. The van der Waals surface area contributed by atoms with Crippen LogP contribution in [-0.2, 0) is 39.3 Å². The third-order valence-electron chi connectivity index (χ3n) is 7.26. The van der Waals surface area contributed by atoms with Crippen LogP contribution < -0.4 is 5.32 Å². The van der Waals surface area contributed by atoms with Crippen molar-refractivity contribution in [1.29, 1.82) is 0 Å². The number of aromatic nitrogens is 2. The van der Waals surface area contributed by atoms with Crippen LogP contribution in [-0.4, -0.2) is 43.5 Å². The molecule has 224 valence electrons. The first-order valence-corrected chi connectivity index (χ1v) is 15.1. The number of rotatable bonds is 12. The van der Waals surface area contributed by atoms with E-state index in [1.807, 2.05) is 84.5 Å². The molecule has 1 aliphatic rings. The van der Waals surface area contributed by atoms with Crippen LogP contribution in [0.4, 0.5) is 0 Å². The number of ether oxygens (including phenoxy) is 2. The van der Waals surface area contributed by atoms with Gasteiger partial charge in [-0.15, -0.1) is 0 Å². The summed E-state index contributed by atoms with van der Waals surface area (Å²) in [6.45, 7) is 0.304. The van der Waals surface area contributed by atoms with E-state index >= 15 is 0 Å². The van der Waals surface area contributed by atoms with E-state index < -0.39 is 12.3 Å². The molecular formula is C33H35N3O6S. The van der Waals surface area contributed by atoms with Crippen molar-refractivity contribution >= 4 is 23.6 Å². The largest absolute Gasteiger partial charge is 0.481 e. The van der Waals surface area contributed by atoms with Gasteiger partial charge in [0.1, 0.15) is 0 Å². The van der Waals surface area contributed by atoms with Gasteiger partial charge in [0, 0.05) is 50.1 Å². The Hall–Kier alpha value is -3.96. The van der Waals surface area contributed by atoms with Gasteiger partial charge >= 0.3 is 5.97 Å². The third kappa shape index (κ3) is 8.32. The van der Waals surface area contributed by atoms with Gasteiger partial charge in [-0.3, -0.25) is 9.59 Å². The molecule has 0 radical (unpaired) electrons. The van der Waals surface area contributed by atoms with E-state index in [1.54, 1.807) is 18.0 Å². The van der Waals surface area contributed by atoms with E-state index in [0.29, 0.717) is 13.0 Å². The van der Waals surface area contributed by atoms with Crippen LogP contribution in [0.3, 0.4) is 0 Å². The number of aliphatic hydroxyl groups excluding tert-OH is 1. The number of hydrogen-bond donors (Lipinski definition) is 3. The second kappa shape index (κ2) is 14.5. The zero-order chi connectivity index (χ0) is 30.2. The van der Waals surface area contributed by atoms with Crippen molar-refractivity contribution in [2.75, 3.05) is 5.75 Å². The molecule has 43 heavy (non-hydrogen) atoms. The van der Waals surface area contributed by atoms with E-state index in [1.165, 1.54) is 0 Å². The number of nitrogens with one attached hydrogen (secondary N) is 1. The van der Waals surface area contributed by atoms with E-state index in [0.717, 1.165) is 44.3 Å². The van der Waals surface area contributed by atoms with Gasteiger partial charge < -0.3 is 29.6 Å². The fourth-order valence-electron chi connectivity index (χ4n) is 4.92. The Morgan fingerprint density at radius 2 is 1.74 bits per heavy atom. The second-order valence-corrected chi connectivity index (χ2v) is 11.5. The van der Waals surface area contributed by atoms with Crippen LogP contribution in [0.25, 0.3) is 11.1 Å². The SMILES string of the molecule is Cn1ccnc1SC[C@H]1C[C@@H](c2ccc(CO)cc2)O[C@@H](c2cccc(-c3cccc(CNC(=O)CCC(=O)O)c3)c2)O1. The summed E-state index contributed by atoms with van der Waals surface area (Å²) in [5, 5.41) is 22.0. The molecule has 0 unspecified atom stereocenters. The Bertz CT molecular complexity index is 1540. The van der Waals surface area contributed by atoms with Crippen molar-refractivity contribution in [1.82, 2.24) is 14.9 Å². The zero-order valence-corrected chi connectivity index (χ0v) is 24.7. The van der Waals surface area contributed by atoms with Crippen molar-refractivity contribution in [2.45, 2.75) is 56.1 Å². The molecule has 10 heteroatoms. The Balaban J connectivity index is 1.33. The molecule has 3 N–H and O–H groups in total. The molecule has 1 aromatic heterocycles. The minimum atomic E-state index is -0.993. The van der Waals surface area contributed by atoms with Crippen molar-refractivity contribution in [3.8, 4) is 11.1 Å². The summed E-state index contributed by atoms with van der Waals surface area (Å²) in [7, 11) is 1.97. The van der Waals surface area contributed by atoms with E-state index in [4.69, 9.17) is 14.6 Å². The lowest BCUT2D eigenvalue weighted by Crippen LogP contribution is -2.31. The first-order valence-electron chi connectivity index (χ1n) is 14.2. The highest BCUT2D eigenvalue weighted by molar-refractivity contribution is 7.99. The molecule has 9 nitrogen and oxygen atoms in total. The average molecular weight is 602 g/mol. The van der Waals surface area contributed by atoms with Crippen molar-refractivity contribution in [2.24, 2.45) is 7.05 Å². The molecule has 2 heterocycles. The van der Waals surface area contributed by atoms with Gasteiger partial charge in [0.05, 0.1) is 25.2 Å². The Labute approximate surface area is 254 Å². The van der Waals surface area contributed by atoms with Gasteiger partial charge in [-0.2, -0.15) is 0 Å². The minimum absolute atomic E-state index is 0.00838. The van der Waals surface area contributed by atoms with Crippen LogP contribution in [0.1, 0.15) is 53.9 Å². The summed E-state index contributed by atoms with van der Waals surface area (Å²) in [6, 6.07) is 23.8. The molecular weight excluding hydrogens is 566 g/mol. The summed E-state index contributed by atoms with van der Waals surface area (Å²) < 4.78 is 15.0. The minimum Gasteiger partial charge on any atom is -0.481 e. The normalized spacial score (nSPS) is 18.3. The van der Waals surface area contributed by atoms with Crippen LogP contribution in [0, 0.1) is 0 Å². The molecule has 0 aliphatic carbocycles. The van der Waals surface area contributed by atoms with Crippen LogP contribution in [0.15, 0.2) is 90.3 Å². The van der Waals surface area contributed by atoms with Gasteiger partial charge in [0.25, 0.3) is 0 Å². The molecule has 1 amide bonds. The second-order valence-electron chi connectivity index (χ2n) is 10.5. The number of nitrogens with zero attached hydrogens (tertiary/aromatic N) is 2. The van der Waals surface area contributed by atoms with Crippen LogP contribution in [0.2, 0.25) is 0 Å². The van der Waals surface area contributed by atoms with Crippen molar-refractivity contribution in [3.05, 3.63) is 107 Å². The fourth-order valence-corrected chi connectivity index (χ4v) is 5.87. The number of carboxylic acids is 1. The number of hydrogen-bond acceptors (Lipinski definition) is 7. The van der Waals surface area contributed by atoms with Gasteiger partial charge in [-0.25, -0.2) is 4.98 Å². The predicted molar refractivity (Wildman–Crippen MR) is 163 cm³/mol. The summed E-state index contributed by atoms with van der Waals surface area (Å²) >= 11 is 1.65. The Morgan fingerprint density at radius 3 is 2.47 bits per heavy atom. The highest BCUT2D eigenvalue weighted by atomic mass is 32.2. The molecule has 1 aliphatic heterocycles. The number of thioether (sulfide) groups is 1. The third-order valence-corrected chi connectivity index (χ3v) is 8.46. The number of aryl methyl sites for hydroxylation is 1. The molecule has 4 aromatic rings. The van der Waals surface area contributed by atoms with Gasteiger partial charge in [-0.1, -0.05) is 72.4 Å². The number of benzene rings is 3. The highest BCUT2D eigenvalue weighted by Crippen LogP contribution is 2.40. The number of aliphatic hydroxyl groups is 1. The standard InChI is InChI=1S/C33H35N3O6S/c1-36-15-14-34-33(36)43-21-28-18-29(24-10-8-22(20-37)9-11-24)42-32(41-28)27-7-3-6-26(17-27)25-5-2-4-23(16-25)19-35-30(38)12-13-31(39)40/h2-11,14-17,28-29,32,37H,12-13,18-21H2,1H3,(H,35,38)(H,39,40)/t28-,29+,32+/m1/s1. The van der Waals surface area contributed by atoms with Gasteiger partial charge in [-0.05, 0) is 39.9 Å². The van der Waals surface area contributed by atoms with Crippen molar-refractivity contribution in [3.63, 3.8) is 0 Å². The zero-order valence-electron chi connectivity index (χ0n) is 23.9. The van der Waals surface area contributed by atoms with Gasteiger partial charge in [0.15, 0.2) is 11.4 Å². The first-order chi connectivity index (χ1) is 20.9. The maximum atomic E-state index is 12.0. The first kappa shape index (κ1) is 30.5. The summed E-state index contributed by atoms with van der Waals surface area (Å²) in [6.07, 6.45) is 3.31. The average Bonchev–Trinajstić information content (AvgIpc) is 3.46. The maximum Gasteiger partial charge on any atom is 0.303 e. The highest BCUT2D eigenvalue weighted by Gasteiger charge is 2.32. The maximum absolute atomic E-state index is 12.0. The van der Waals surface area contributed by atoms with Crippen LogP contribution >= 0.6 is 11.8 Å². The topological polar surface area (TPSA) is 123 Å². The molecule has 0 bridgehead atoms. The van der Waals surface area contributed by atoms with E-state index in [9.17, 15) is 14.7 Å². The van der Waals surface area contributed by atoms with Crippen LogP contribution in [0.5, 0.6) is 0 Å². The number of carboxylic acid groups (broad SMARTS) is 1. The van der Waals surface area contributed by atoms with Crippen molar-refractivity contribution < 1.29 is 29.3 Å². The Morgan fingerprint density at radius 1 is 0.977 bits per heavy atom. The Kier molecular flexibility index (Phi) is 10.3. The molecule has 3 aromatic carbocycles. The molecule has 0 saturated carbocycles. The van der Waals surface area contributed by atoms with Gasteiger partial charge in [0.2, 0.25) is 5.91 Å². The monoisotopic (exact) mass is 601 g/mol. The van der Waals surface area contributed by atoms with E-state index in [-0.39, 0.29) is 37.6 Å². The number of carbonyl (C=O) groups is 2. The lowest BCUT2D eigenvalue weighted by molar-refractivity contribution is -0.245. The summed E-state index contributed by atoms with van der Waals surface area (Å²) in [4.78, 5) is 27.2.